The van der Waals surface area contributed by atoms with E-state index in [-0.39, 0.29) is 5.82 Å². The van der Waals surface area contributed by atoms with Crippen molar-refractivity contribution >= 4 is 11.6 Å². The third-order valence-corrected chi connectivity index (χ3v) is 4.31. The molecular weight excluding hydrogens is 249 g/mol. The van der Waals surface area contributed by atoms with Gasteiger partial charge in [0.25, 0.3) is 0 Å². The van der Waals surface area contributed by atoms with Crippen LogP contribution in [0.5, 0.6) is 0 Å². The molecule has 1 nitrogen and oxygen atoms in total. The summed E-state index contributed by atoms with van der Waals surface area (Å²) < 4.78 is 13.8. The van der Waals surface area contributed by atoms with Crippen molar-refractivity contribution in [2.45, 2.75) is 39.2 Å². The third-order valence-electron chi connectivity index (χ3n) is 3.95. The second-order valence-corrected chi connectivity index (χ2v) is 5.67. The summed E-state index contributed by atoms with van der Waals surface area (Å²) in [6.07, 6.45) is 3.30. The van der Waals surface area contributed by atoms with Crippen LogP contribution in [-0.4, -0.2) is 12.6 Å². The van der Waals surface area contributed by atoms with Crippen LogP contribution in [0.3, 0.4) is 0 Å². The smallest absolute Gasteiger partial charge is 0.127 e. The van der Waals surface area contributed by atoms with Crippen molar-refractivity contribution in [2.24, 2.45) is 11.8 Å². The van der Waals surface area contributed by atoms with Gasteiger partial charge in [-0.1, -0.05) is 31.5 Å². The normalized spacial score (nSPS) is 18.7. The molecule has 1 aromatic rings. The van der Waals surface area contributed by atoms with E-state index in [0.717, 1.165) is 12.5 Å². The molecule has 0 heterocycles. The highest BCUT2D eigenvalue weighted by Gasteiger charge is 2.33. The molecule has 2 rings (SSSR count). The van der Waals surface area contributed by atoms with Crippen LogP contribution >= 0.6 is 11.6 Å². The van der Waals surface area contributed by atoms with Gasteiger partial charge in [0.15, 0.2) is 0 Å². The van der Waals surface area contributed by atoms with Crippen LogP contribution in [-0.2, 0) is 6.42 Å². The first-order chi connectivity index (χ1) is 8.63. The van der Waals surface area contributed by atoms with E-state index in [4.69, 9.17) is 11.6 Å². The molecule has 0 saturated heterocycles. The summed E-state index contributed by atoms with van der Waals surface area (Å²) in [7, 11) is 0. The zero-order valence-electron chi connectivity index (χ0n) is 11.0. The van der Waals surface area contributed by atoms with Gasteiger partial charge in [-0.3, -0.25) is 0 Å². The van der Waals surface area contributed by atoms with Crippen molar-refractivity contribution in [3.8, 4) is 0 Å². The Bertz CT molecular complexity index is 383. The van der Waals surface area contributed by atoms with E-state index < -0.39 is 0 Å². The number of hydrogen-bond acceptors (Lipinski definition) is 1. The monoisotopic (exact) mass is 269 g/mol. The quantitative estimate of drug-likeness (QED) is 0.822. The van der Waals surface area contributed by atoms with Gasteiger partial charge in [0, 0.05) is 16.6 Å². The van der Waals surface area contributed by atoms with Crippen LogP contribution in [0.1, 0.15) is 32.3 Å². The molecule has 100 valence electrons. The van der Waals surface area contributed by atoms with Crippen LogP contribution < -0.4 is 5.32 Å². The van der Waals surface area contributed by atoms with E-state index >= 15 is 0 Å². The molecule has 1 aliphatic rings. The number of likely N-dealkylation sites (N-methyl/N-ethyl adjacent to an activating group) is 1. The molecule has 1 aromatic carbocycles. The van der Waals surface area contributed by atoms with Crippen molar-refractivity contribution in [2.75, 3.05) is 6.54 Å². The first-order valence-electron chi connectivity index (χ1n) is 6.79. The predicted molar refractivity (Wildman–Crippen MR) is 74.5 cm³/mol. The second kappa shape index (κ2) is 6.03. The van der Waals surface area contributed by atoms with Crippen LogP contribution in [0.2, 0.25) is 5.02 Å². The van der Waals surface area contributed by atoms with E-state index in [1.54, 1.807) is 12.1 Å². The molecule has 3 heteroatoms. The first kappa shape index (κ1) is 13.8. The average Bonchev–Trinajstić information content (AvgIpc) is 3.16. The minimum Gasteiger partial charge on any atom is -0.314 e. The van der Waals surface area contributed by atoms with Crippen molar-refractivity contribution in [1.82, 2.24) is 5.32 Å². The Kier molecular flexibility index (Phi) is 4.63. The highest BCUT2D eigenvalue weighted by molar-refractivity contribution is 6.31. The summed E-state index contributed by atoms with van der Waals surface area (Å²) in [5.41, 5.74) is 0.651. The standard InChI is InChI=1S/C15H21ClFN/c1-3-18-15(10(2)11-7-8-11)9-12-13(16)5-4-6-14(12)17/h4-6,10-11,15,18H,3,7-9H2,1-2H3. The molecule has 0 aromatic heterocycles. The predicted octanol–water partition coefficient (Wildman–Crippen LogP) is 4.05. The lowest BCUT2D eigenvalue weighted by Gasteiger charge is -2.25. The number of hydrogen-bond donors (Lipinski definition) is 1. The van der Waals surface area contributed by atoms with Gasteiger partial charge in [0.2, 0.25) is 0 Å². The maximum atomic E-state index is 13.8. The topological polar surface area (TPSA) is 12.0 Å². The molecule has 1 fully saturated rings. The van der Waals surface area contributed by atoms with Crippen LogP contribution in [0.25, 0.3) is 0 Å². The molecule has 1 saturated carbocycles. The fourth-order valence-electron chi connectivity index (χ4n) is 2.60. The fourth-order valence-corrected chi connectivity index (χ4v) is 2.84. The van der Waals surface area contributed by atoms with Crippen molar-refractivity contribution in [1.29, 1.82) is 0 Å². The highest BCUT2D eigenvalue weighted by Crippen LogP contribution is 2.39. The van der Waals surface area contributed by atoms with Crippen LogP contribution in [0.15, 0.2) is 18.2 Å². The average molecular weight is 270 g/mol. The lowest BCUT2D eigenvalue weighted by molar-refractivity contribution is 0.341. The van der Waals surface area contributed by atoms with Gasteiger partial charge in [-0.2, -0.15) is 0 Å². The molecular formula is C15H21ClFN. The Hall–Kier alpha value is -0.600. The van der Waals surface area contributed by atoms with Crippen molar-refractivity contribution < 1.29 is 4.39 Å². The van der Waals surface area contributed by atoms with Gasteiger partial charge < -0.3 is 5.32 Å². The molecule has 1 aliphatic carbocycles. The lowest BCUT2D eigenvalue weighted by Crippen LogP contribution is -2.38. The zero-order valence-corrected chi connectivity index (χ0v) is 11.8. The SMILES string of the molecule is CCNC(Cc1c(F)cccc1Cl)C(C)C1CC1. The summed E-state index contributed by atoms with van der Waals surface area (Å²) in [6, 6.07) is 5.24. The zero-order chi connectivity index (χ0) is 13.1. The lowest BCUT2D eigenvalue weighted by atomic mass is 9.91. The minimum absolute atomic E-state index is 0.187. The van der Waals surface area contributed by atoms with Gasteiger partial charge in [0.05, 0.1) is 0 Å². The summed E-state index contributed by atoms with van der Waals surface area (Å²) in [5.74, 6) is 1.20. The van der Waals surface area contributed by atoms with Crippen molar-refractivity contribution in [3.63, 3.8) is 0 Å². The Labute approximate surface area is 114 Å². The van der Waals surface area contributed by atoms with Gasteiger partial charge >= 0.3 is 0 Å². The van der Waals surface area contributed by atoms with E-state index in [9.17, 15) is 4.39 Å². The Balaban J connectivity index is 2.12. The fraction of sp³-hybridized carbons (Fsp3) is 0.600. The molecule has 0 aliphatic heterocycles. The number of halogens is 2. The Morgan fingerprint density at radius 1 is 1.44 bits per heavy atom. The van der Waals surface area contributed by atoms with Gasteiger partial charge in [-0.05, 0) is 49.8 Å². The van der Waals surface area contributed by atoms with E-state index in [1.165, 1.54) is 18.9 Å². The number of benzene rings is 1. The summed E-state index contributed by atoms with van der Waals surface area (Å²) in [4.78, 5) is 0. The molecule has 2 atom stereocenters. The highest BCUT2D eigenvalue weighted by atomic mass is 35.5. The Morgan fingerprint density at radius 2 is 2.17 bits per heavy atom. The number of nitrogens with one attached hydrogen (secondary N) is 1. The van der Waals surface area contributed by atoms with Gasteiger partial charge in [-0.15, -0.1) is 0 Å². The van der Waals surface area contributed by atoms with Gasteiger partial charge in [-0.25, -0.2) is 4.39 Å². The molecule has 0 radical (unpaired) electrons. The second-order valence-electron chi connectivity index (χ2n) is 5.27. The molecule has 18 heavy (non-hydrogen) atoms. The maximum Gasteiger partial charge on any atom is 0.127 e. The van der Waals surface area contributed by atoms with Crippen LogP contribution in [0.4, 0.5) is 4.39 Å². The van der Waals surface area contributed by atoms with E-state index in [1.807, 2.05) is 0 Å². The third kappa shape index (κ3) is 3.24. The number of rotatable bonds is 6. The molecule has 0 amide bonds. The minimum atomic E-state index is -0.187. The Morgan fingerprint density at radius 3 is 2.72 bits per heavy atom. The molecule has 0 bridgehead atoms. The van der Waals surface area contributed by atoms with E-state index in [2.05, 4.69) is 19.2 Å². The van der Waals surface area contributed by atoms with E-state index in [0.29, 0.717) is 29.0 Å². The molecule has 2 unspecified atom stereocenters. The summed E-state index contributed by atoms with van der Waals surface area (Å²) >= 11 is 6.11. The molecule has 0 spiro atoms. The van der Waals surface area contributed by atoms with Crippen molar-refractivity contribution in [3.05, 3.63) is 34.6 Å². The largest absolute Gasteiger partial charge is 0.314 e. The molecule has 1 N–H and O–H groups in total. The van der Waals surface area contributed by atoms with Gasteiger partial charge in [0.1, 0.15) is 5.82 Å². The maximum absolute atomic E-state index is 13.8. The summed E-state index contributed by atoms with van der Waals surface area (Å²) in [5, 5.41) is 4.02. The summed E-state index contributed by atoms with van der Waals surface area (Å²) in [6.45, 7) is 5.27. The first-order valence-corrected chi connectivity index (χ1v) is 7.17. The van der Waals surface area contributed by atoms with Crippen LogP contribution in [0, 0.1) is 17.7 Å².